The number of hydrogen-bond donors (Lipinski definition) is 9. The van der Waals surface area contributed by atoms with Gasteiger partial charge in [0.1, 0.15) is 69.2 Å². The standard InChI is InChI=1S/C31H34N6O3.C26H26N6O.C21H26ClFN4O3.C21H27ClN4O4.C5H6BNO2.CH4O/c1-31(2,3)40-30(38)37-16-6-9-25(37)20-34-27-21-35-28(24-8-5-15-33-19-24)36-29(27)39-26-12-10-22(11-13-26)17-23-7-4-14-32-18-23;1-4-20(15-27-11-1)14-19-7-9-23(10-8-19)33-26-24(30-17-22-6-3-13-29-22)18-31-25(32-26)21-5-2-12-28-16-21;1-21(2,3)30-20(28)27-10-4-5-15(27)12-24-17-13-25-19(22)26-18(17)29-16-8-6-14(11-23)7-9-16;1-21(2,3)30-20(28)26-10-4-5-15(26)11-23-17-12-24-19(22)25-18(17)29-16-8-6-14(13-27)7-9-16;8-6(9)5-2-1-3-7-4-5;1-2/h4-5,7-8,10-15,18-19,21,25,34H,6,9,16-17,20H2,1-3H3;1-2,4-5,7-12,15-16,18,22,29-30H,3,6,13-14,17H2;6-9,13,15,24H,4-5,10-12H2,1-3H3;6-9,12,15,23,27H,4-5,10-11,13H2,1-3H3;1-4,8-9H;2H,1H3/t25-;22-;2*15-;;/m0000../s1. The van der Waals surface area contributed by atoms with Gasteiger partial charge in [0.15, 0.2) is 11.6 Å². The van der Waals surface area contributed by atoms with Crippen LogP contribution in [0, 0.1) is 0 Å². The summed E-state index contributed by atoms with van der Waals surface area (Å²) in [5.74, 6) is 4.97. The zero-order chi connectivity index (χ0) is 102. The molecule has 3 amide bonds. The normalized spacial score (nSPS) is 15.2. The minimum Gasteiger partial charge on any atom is -0.444 e. The van der Waals surface area contributed by atoms with Crippen LogP contribution in [0.25, 0.3) is 22.8 Å². The van der Waals surface area contributed by atoms with E-state index >= 15 is 0 Å². The maximum Gasteiger partial charge on any atom is 0.490 e. The molecule has 35 nitrogen and oxygen atoms in total. The van der Waals surface area contributed by atoms with E-state index < -0.39 is 30.6 Å². The highest BCUT2D eigenvalue weighted by Crippen LogP contribution is 2.37. The van der Waals surface area contributed by atoms with Gasteiger partial charge in [-0.3, -0.25) is 24.9 Å². The van der Waals surface area contributed by atoms with Crippen LogP contribution in [0.15, 0.2) is 244 Å². The van der Waals surface area contributed by atoms with Gasteiger partial charge in [0.05, 0.1) is 49.5 Å². The smallest absolute Gasteiger partial charge is 0.444 e. The van der Waals surface area contributed by atoms with Crippen LogP contribution in [0.1, 0.15) is 147 Å². The quantitative estimate of drug-likeness (QED) is 0.0119. The molecule has 4 aliphatic heterocycles. The van der Waals surface area contributed by atoms with Gasteiger partial charge in [0.25, 0.3) is 0 Å². The van der Waals surface area contributed by atoms with Crippen molar-refractivity contribution in [1.29, 1.82) is 0 Å². The van der Waals surface area contributed by atoms with Gasteiger partial charge in [-0.1, -0.05) is 66.7 Å². The van der Waals surface area contributed by atoms with Crippen LogP contribution in [0.3, 0.4) is 0 Å². The molecule has 4 atom stereocenters. The number of aromatic nitrogens is 13. The van der Waals surface area contributed by atoms with E-state index in [2.05, 4.69) is 106 Å². The van der Waals surface area contributed by atoms with E-state index in [9.17, 15) is 18.8 Å². The Hall–Kier alpha value is -14.5. The number of pyridine rings is 5. The van der Waals surface area contributed by atoms with Crippen LogP contribution in [-0.2, 0) is 40.3 Å². The molecule has 39 heteroatoms. The van der Waals surface area contributed by atoms with E-state index in [1.54, 1.807) is 137 Å². The van der Waals surface area contributed by atoms with Gasteiger partial charge in [-0.05, 0) is 281 Å². The van der Waals surface area contributed by atoms with E-state index in [0.717, 1.165) is 117 Å². The molecule has 9 aromatic heterocycles. The summed E-state index contributed by atoms with van der Waals surface area (Å²) in [6.45, 7) is 21.6. The van der Waals surface area contributed by atoms with Crippen LogP contribution in [0.5, 0.6) is 46.5 Å². The predicted molar refractivity (Wildman–Crippen MR) is 551 cm³/mol. The number of ether oxygens (including phenoxy) is 7. The first-order chi connectivity index (χ1) is 69.5. The van der Waals surface area contributed by atoms with Gasteiger partial charge in [0, 0.05) is 138 Å². The van der Waals surface area contributed by atoms with Crippen molar-refractivity contribution in [2.75, 3.05) is 80.7 Å². The predicted octanol–water partition coefficient (Wildman–Crippen LogP) is 18.4. The van der Waals surface area contributed by atoms with Crippen molar-refractivity contribution in [3.8, 4) is 69.3 Å². The maximum absolute atomic E-state index is 12.8. The van der Waals surface area contributed by atoms with E-state index in [1.165, 1.54) is 29.9 Å². The van der Waals surface area contributed by atoms with Gasteiger partial charge in [-0.15, -0.1) is 0 Å². The Morgan fingerprint density at radius 3 is 1.04 bits per heavy atom. The Bertz CT molecular complexity index is 5990. The summed E-state index contributed by atoms with van der Waals surface area (Å²) >= 11 is 11.9. The van der Waals surface area contributed by atoms with Gasteiger partial charge in [-0.25, -0.2) is 38.7 Å². The number of carbonyl (C=O) groups is 3. The van der Waals surface area contributed by atoms with E-state index in [1.807, 2.05) is 148 Å². The third kappa shape index (κ3) is 35.0. The summed E-state index contributed by atoms with van der Waals surface area (Å²) in [6, 6.07) is 48.9. The Labute approximate surface area is 848 Å². The molecule has 756 valence electrons. The van der Waals surface area contributed by atoms with Crippen molar-refractivity contribution >= 4 is 76.8 Å². The first-order valence-electron chi connectivity index (χ1n) is 47.5. The molecule has 13 heterocycles. The van der Waals surface area contributed by atoms with Crippen molar-refractivity contribution in [2.24, 2.45) is 0 Å². The lowest BCUT2D eigenvalue weighted by atomic mass is 9.82. The number of aliphatic hydroxyl groups is 2. The zero-order valence-electron chi connectivity index (χ0n) is 82.3. The molecule has 0 bridgehead atoms. The number of amides is 3. The second kappa shape index (κ2) is 54.1. The molecule has 4 saturated heterocycles. The Balaban J connectivity index is 0.000000166. The molecule has 0 saturated carbocycles. The van der Waals surface area contributed by atoms with Crippen molar-refractivity contribution in [2.45, 2.75) is 181 Å². The van der Waals surface area contributed by atoms with Crippen molar-refractivity contribution < 1.29 is 72.2 Å². The van der Waals surface area contributed by atoms with Gasteiger partial charge in [-0.2, -0.15) is 19.9 Å². The second-order valence-corrected chi connectivity index (χ2v) is 37.4. The zero-order valence-corrected chi connectivity index (χ0v) is 83.8. The van der Waals surface area contributed by atoms with E-state index in [0.29, 0.717) is 114 Å². The van der Waals surface area contributed by atoms with Crippen LogP contribution in [0.2, 0.25) is 10.6 Å². The molecular weight excluding hydrogens is 1880 g/mol. The number of rotatable bonds is 29. The second-order valence-electron chi connectivity index (χ2n) is 36.8. The molecule has 4 aromatic carbocycles. The topological polar surface area (TPSA) is 434 Å². The minimum absolute atomic E-state index is 0.00698. The van der Waals surface area contributed by atoms with Gasteiger partial charge >= 0.3 is 25.4 Å². The number of alkyl halides is 1. The van der Waals surface area contributed by atoms with Gasteiger partial charge in [0.2, 0.25) is 34.1 Å². The average molecular weight is 2000 g/mol. The summed E-state index contributed by atoms with van der Waals surface area (Å²) < 4.78 is 53.5. The first-order valence-corrected chi connectivity index (χ1v) is 48.2. The van der Waals surface area contributed by atoms with Crippen LogP contribution < -0.4 is 51.0 Å². The highest BCUT2D eigenvalue weighted by Gasteiger charge is 2.36. The van der Waals surface area contributed by atoms with Gasteiger partial charge < -0.3 is 94.7 Å². The fourth-order valence-corrected chi connectivity index (χ4v) is 15.5. The van der Waals surface area contributed by atoms with Crippen LogP contribution in [-0.4, -0.2) is 226 Å². The Morgan fingerprint density at radius 2 is 0.736 bits per heavy atom. The van der Waals surface area contributed by atoms with Crippen molar-refractivity contribution in [1.82, 2.24) is 84.8 Å². The number of halogens is 3. The summed E-state index contributed by atoms with van der Waals surface area (Å²) in [5, 5.41) is 50.3. The fraction of sp³-hybridized carbons (Fsp3) is 0.352. The molecule has 9 N–H and O–H groups in total. The van der Waals surface area contributed by atoms with Crippen LogP contribution >= 0.6 is 23.2 Å². The highest BCUT2D eigenvalue weighted by atomic mass is 35.5. The lowest BCUT2D eigenvalue weighted by Crippen LogP contribution is -2.42. The summed E-state index contributed by atoms with van der Waals surface area (Å²) in [5.41, 5.74) is 8.98. The van der Waals surface area contributed by atoms with Crippen molar-refractivity contribution in [3.05, 3.63) is 288 Å². The minimum atomic E-state index is -1.40. The first kappa shape index (κ1) is 108. The SMILES string of the molecule is CC(C)(C)OC(=O)N1CCC[C@H]1CNc1cnc(-c2cccnc2)nc1Oc1ccc(Cc2cccnc2)cc1.CC(C)(C)OC(=O)N1CCC[C@H]1CNc1cnc(Cl)nc1Oc1ccc(CF)cc1.CC(C)(C)OC(=O)N1CCC[C@H]1CNc1cnc(Cl)nc1Oc1ccc(CO)cc1.CO.OB(O)c1cccnc1.c1cncc(Cc2ccc(Oc3nc(-c4cccnc4)ncc3NC[C@@H]3CCCN3)cc2)c1. The lowest BCUT2D eigenvalue weighted by molar-refractivity contribution is 0.0224. The molecule has 0 aliphatic carbocycles. The molecular formula is C105H123BCl2FN21O14. The molecule has 13 aromatic rings. The molecule has 0 radical (unpaired) electrons. The number of aliphatic hydroxyl groups excluding tert-OH is 2. The molecule has 17 rings (SSSR count). The number of anilines is 4. The molecule has 0 unspecified atom stereocenters. The number of nitrogens with zero attached hydrogens (tertiary/aromatic N) is 16. The highest BCUT2D eigenvalue weighted by molar-refractivity contribution is 6.58. The number of carbonyl (C=O) groups excluding carboxylic acids is 3. The largest absolute Gasteiger partial charge is 0.490 e. The molecule has 4 fully saturated rings. The molecule has 144 heavy (non-hydrogen) atoms. The van der Waals surface area contributed by atoms with Crippen LogP contribution in [0.4, 0.5) is 41.5 Å². The summed E-state index contributed by atoms with van der Waals surface area (Å²) in [4.78, 5) is 98.3. The number of likely N-dealkylation sites (tertiary alicyclic amines) is 3. The summed E-state index contributed by atoms with van der Waals surface area (Å²) in [7, 11) is -0.404. The number of benzene rings is 4. The Kier molecular flexibility index (Phi) is 40.7. The third-order valence-corrected chi connectivity index (χ3v) is 22.6. The lowest BCUT2D eigenvalue weighted by Gasteiger charge is -2.29. The van der Waals surface area contributed by atoms with Crippen molar-refractivity contribution in [3.63, 3.8) is 0 Å². The molecule has 0 spiro atoms. The van der Waals surface area contributed by atoms with E-state index in [4.69, 9.17) is 86.6 Å². The fourth-order valence-electron chi connectivity index (χ4n) is 15.3. The Morgan fingerprint density at radius 1 is 0.403 bits per heavy atom. The maximum atomic E-state index is 12.8. The summed E-state index contributed by atoms with van der Waals surface area (Å²) in [6.07, 6.45) is 32.3. The number of nitrogens with one attached hydrogen (secondary N) is 5. The monoisotopic (exact) mass is 2000 g/mol. The molecule has 4 aliphatic rings. The average Bonchev–Trinajstić information content (AvgIpc) is 1.81. The van der Waals surface area contributed by atoms with E-state index in [-0.39, 0.29) is 65.3 Å². The third-order valence-electron chi connectivity index (χ3n) is 22.2. The number of hydrogen-bond acceptors (Lipinski definition) is 32.